The fourth-order valence-corrected chi connectivity index (χ4v) is 4.61. The summed E-state index contributed by atoms with van der Waals surface area (Å²) < 4.78 is 23.2. The lowest BCUT2D eigenvalue weighted by atomic mass is 10.1. The number of allylic oxidation sites excluding steroid dienone is 3. The lowest BCUT2D eigenvalue weighted by Gasteiger charge is -2.25. The molecule has 3 atom stereocenters. The van der Waals surface area contributed by atoms with Crippen LogP contribution in [0, 0.1) is 0 Å². The molecule has 0 rings (SSSR count). The fourth-order valence-electron chi connectivity index (χ4n) is 3.88. The SMILES string of the molecule is CCCCC/C=C/CC/C=C/C(O)C(COP(=O)(O)OCC[N+](C)(C)C)NC(=O)CCCCCCCCCC. The first-order valence-corrected chi connectivity index (χ1v) is 16.7. The number of nitrogens with zero attached hydrogens (tertiary/aromatic N) is 1. The summed E-state index contributed by atoms with van der Waals surface area (Å²) in [6, 6.07) is -0.852. The van der Waals surface area contributed by atoms with Gasteiger partial charge in [0, 0.05) is 6.42 Å². The zero-order valence-corrected chi connectivity index (χ0v) is 26.5. The molecule has 0 saturated carbocycles. The molecule has 0 heterocycles. The largest absolute Gasteiger partial charge is 0.472 e. The minimum Gasteiger partial charge on any atom is -0.387 e. The molecule has 0 radical (unpaired) electrons. The van der Waals surface area contributed by atoms with Crippen molar-refractivity contribution in [2.75, 3.05) is 40.9 Å². The number of amides is 1. The molecule has 0 aromatic rings. The van der Waals surface area contributed by atoms with Crippen molar-refractivity contribution in [1.29, 1.82) is 0 Å². The average Bonchev–Trinajstić information content (AvgIpc) is 2.86. The molecule has 0 aromatic heterocycles. The minimum absolute atomic E-state index is 0.0567. The molecule has 9 heteroatoms. The molecule has 0 saturated heterocycles. The lowest BCUT2D eigenvalue weighted by molar-refractivity contribution is -0.870. The van der Waals surface area contributed by atoms with Crippen molar-refractivity contribution >= 4 is 13.7 Å². The number of nitrogens with one attached hydrogen (secondary N) is 1. The Kier molecular flexibility index (Phi) is 23.0. The van der Waals surface area contributed by atoms with Gasteiger partial charge < -0.3 is 19.8 Å². The molecule has 0 aromatic carbocycles. The summed E-state index contributed by atoms with van der Waals surface area (Å²) >= 11 is 0. The number of aliphatic hydroxyl groups is 1. The second-order valence-electron chi connectivity index (χ2n) is 11.5. The molecule has 230 valence electrons. The first kappa shape index (κ1) is 38.0. The number of hydrogen-bond acceptors (Lipinski definition) is 5. The van der Waals surface area contributed by atoms with Crippen molar-refractivity contribution in [1.82, 2.24) is 5.32 Å². The van der Waals surface area contributed by atoms with Crippen molar-refractivity contribution in [3.63, 3.8) is 0 Å². The van der Waals surface area contributed by atoms with E-state index in [1.165, 1.54) is 51.4 Å². The third-order valence-corrected chi connectivity index (χ3v) is 7.41. The van der Waals surface area contributed by atoms with E-state index in [1.807, 2.05) is 27.2 Å². The van der Waals surface area contributed by atoms with E-state index < -0.39 is 20.0 Å². The molecule has 0 aliphatic carbocycles. The number of carbonyl (C=O) groups is 1. The highest BCUT2D eigenvalue weighted by molar-refractivity contribution is 7.47. The van der Waals surface area contributed by atoms with Gasteiger partial charge in [-0.3, -0.25) is 13.8 Å². The van der Waals surface area contributed by atoms with Gasteiger partial charge in [0.25, 0.3) is 0 Å². The molecule has 8 nitrogen and oxygen atoms in total. The molecule has 3 N–H and O–H groups in total. The van der Waals surface area contributed by atoms with Crippen LogP contribution < -0.4 is 5.32 Å². The predicted octanol–water partition coefficient (Wildman–Crippen LogP) is 6.68. The van der Waals surface area contributed by atoms with Crippen LogP contribution in [0.3, 0.4) is 0 Å². The molecule has 0 spiro atoms. The summed E-state index contributed by atoms with van der Waals surface area (Å²) in [6.45, 7) is 4.66. The van der Waals surface area contributed by atoms with Gasteiger partial charge in [-0.1, -0.05) is 95.9 Å². The van der Waals surface area contributed by atoms with Crippen LogP contribution in [0.4, 0.5) is 0 Å². The third-order valence-electron chi connectivity index (χ3n) is 6.42. The molecule has 0 fully saturated rings. The molecule has 0 aliphatic heterocycles. The Morgan fingerprint density at radius 2 is 1.41 bits per heavy atom. The zero-order chi connectivity index (χ0) is 29.4. The quantitative estimate of drug-likeness (QED) is 0.0460. The van der Waals surface area contributed by atoms with Crippen molar-refractivity contribution in [3.05, 3.63) is 24.3 Å². The van der Waals surface area contributed by atoms with Gasteiger partial charge in [-0.25, -0.2) is 4.57 Å². The third kappa shape index (κ3) is 25.7. The highest BCUT2D eigenvalue weighted by atomic mass is 31.2. The highest BCUT2D eigenvalue weighted by Crippen LogP contribution is 2.43. The summed E-state index contributed by atoms with van der Waals surface area (Å²) in [5.41, 5.74) is 0. The van der Waals surface area contributed by atoms with E-state index in [2.05, 4.69) is 31.3 Å². The second-order valence-corrected chi connectivity index (χ2v) is 12.9. The first-order valence-electron chi connectivity index (χ1n) is 15.2. The number of likely N-dealkylation sites (N-methyl/N-ethyl adjacent to an activating group) is 1. The van der Waals surface area contributed by atoms with Crippen LogP contribution in [-0.4, -0.2) is 73.4 Å². The fraction of sp³-hybridized carbons (Fsp3) is 0.833. The number of hydrogen-bond donors (Lipinski definition) is 3. The van der Waals surface area contributed by atoms with E-state index >= 15 is 0 Å². The summed E-state index contributed by atoms with van der Waals surface area (Å²) in [5, 5.41) is 13.5. The van der Waals surface area contributed by atoms with Crippen molar-refractivity contribution in [2.24, 2.45) is 0 Å². The van der Waals surface area contributed by atoms with Crippen LogP contribution in [-0.2, 0) is 18.4 Å². The molecule has 1 amide bonds. The maximum atomic E-state index is 12.6. The monoisotopic (exact) mass is 575 g/mol. The van der Waals surface area contributed by atoms with Gasteiger partial charge >= 0.3 is 7.82 Å². The zero-order valence-electron chi connectivity index (χ0n) is 25.6. The predicted molar refractivity (Wildman–Crippen MR) is 161 cm³/mol. The van der Waals surface area contributed by atoms with E-state index in [4.69, 9.17) is 9.05 Å². The first-order chi connectivity index (χ1) is 18.5. The van der Waals surface area contributed by atoms with Crippen molar-refractivity contribution < 1.29 is 32.9 Å². The topological polar surface area (TPSA) is 105 Å². The van der Waals surface area contributed by atoms with Gasteiger partial charge in [0.05, 0.1) is 39.9 Å². The smallest absolute Gasteiger partial charge is 0.387 e. The van der Waals surface area contributed by atoms with E-state index in [9.17, 15) is 19.4 Å². The molecule has 0 bridgehead atoms. The molecule has 39 heavy (non-hydrogen) atoms. The maximum Gasteiger partial charge on any atom is 0.472 e. The number of unbranched alkanes of at least 4 members (excludes halogenated alkanes) is 11. The molecular formula is C30H60N2O6P+. The van der Waals surface area contributed by atoms with Crippen LogP contribution in [0.2, 0.25) is 0 Å². The van der Waals surface area contributed by atoms with Crippen LogP contribution >= 0.6 is 7.82 Å². The second kappa shape index (κ2) is 23.7. The van der Waals surface area contributed by atoms with Gasteiger partial charge in [-0.2, -0.15) is 0 Å². The van der Waals surface area contributed by atoms with Gasteiger partial charge in [-0.15, -0.1) is 0 Å². The number of phosphoric ester groups is 1. The summed E-state index contributed by atoms with van der Waals surface area (Å²) in [6.07, 6.45) is 22.6. The van der Waals surface area contributed by atoms with Crippen molar-refractivity contribution in [3.8, 4) is 0 Å². The number of rotatable bonds is 26. The maximum absolute atomic E-state index is 12.6. The summed E-state index contributed by atoms with van der Waals surface area (Å²) in [4.78, 5) is 22.7. The number of quaternary nitrogens is 1. The van der Waals surface area contributed by atoms with Crippen LogP contribution in [0.1, 0.15) is 110 Å². The van der Waals surface area contributed by atoms with Crippen LogP contribution in [0.5, 0.6) is 0 Å². The van der Waals surface area contributed by atoms with E-state index in [0.29, 0.717) is 17.4 Å². The normalized spacial score (nSPS) is 15.6. The number of aliphatic hydroxyl groups excluding tert-OH is 1. The average molecular weight is 576 g/mol. The summed E-state index contributed by atoms with van der Waals surface area (Å²) in [5.74, 6) is -0.198. The van der Waals surface area contributed by atoms with E-state index in [0.717, 1.165) is 38.5 Å². The van der Waals surface area contributed by atoms with E-state index in [-0.39, 0.29) is 19.1 Å². The molecule has 3 unspecified atom stereocenters. The van der Waals surface area contributed by atoms with Crippen LogP contribution in [0.25, 0.3) is 0 Å². The Morgan fingerprint density at radius 1 is 0.846 bits per heavy atom. The van der Waals surface area contributed by atoms with Crippen LogP contribution in [0.15, 0.2) is 24.3 Å². The van der Waals surface area contributed by atoms with Gasteiger partial charge in [0.2, 0.25) is 5.91 Å². The van der Waals surface area contributed by atoms with Gasteiger partial charge in [-0.05, 0) is 32.1 Å². The Balaban J connectivity index is 4.76. The Hall–Kier alpha value is -1.02. The highest BCUT2D eigenvalue weighted by Gasteiger charge is 2.27. The minimum atomic E-state index is -4.32. The Labute approximate surface area is 239 Å². The molecule has 0 aliphatic rings. The Morgan fingerprint density at radius 3 is 2.05 bits per heavy atom. The van der Waals surface area contributed by atoms with E-state index in [1.54, 1.807) is 6.08 Å². The number of phosphoric acid groups is 1. The van der Waals surface area contributed by atoms with Crippen molar-refractivity contribution in [2.45, 2.75) is 122 Å². The van der Waals surface area contributed by atoms with Gasteiger partial charge in [0.1, 0.15) is 13.2 Å². The Bertz CT molecular complexity index is 708. The number of carbonyl (C=O) groups excluding carboxylic acids is 1. The lowest BCUT2D eigenvalue weighted by Crippen LogP contribution is -2.45. The standard InChI is InChI=1S/C30H59N2O6P/c1-6-8-10-12-14-16-17-19-21-23-29(33)28(27-38-39(35,36)37-26-25-32(3,4)5)31-30(34)24-22-20-18-15-13-11-9-7-2/h14,16,21,23,28-29,33H,6-13,15,17-20,22,24-27H2,1-5H3,(H-,31,34,35,36)/p+1/b16-14+,23-21+. The molecular weight excluding hydrogens is 515 g/mol. The summed E-state index contributed by atoms with van der Waals surface area (Å²) in [7, 11) is 1.55. The van der Waals surface area contributed by atoms with Gasteiger partial charge in [0.15, 0.2) is 0 Å².